The van der Waals surface area contributed by atoms with E-state index in [0.717, 1.165) is 0 Å². The van der Waals surface area contributed by atoms with Crippen LogP contribution in [0.1, 0.15) is 6.42 Å². The number of hydrogen-bond acceptors (Lipinski definition) is 4. The zero-order chi connectivity index (χ0) is 10.6. The Morgan fingerprint density at radius 1 is 1.36 bits per heavy atom. The van der Waals surface area contributed by atoms with Crippen LogP contribution in [0.5, 0.6) is 0 Å². The van der Waals surface area contributed by atoms with Crippen LogP contribution in [-0.2, 0) is 19.6 Å². The molecular formula is C7H13NO5S. The highest BCUT2D eigenvalue weighted by Gasteiger charge is 2.18. The number of ether oxygens (including phenoxy) is 1. The zero-order valence-corrected chi connectivity index (χ0v) is 8.49. The monoisotopic (exact) mass is 223 g/mol. The minimum Gasteiger partial charge on any atom is -0.378 e. The summed E-state index contributed by atoms with van der Waals surface area (Å²) in [7, 11) is -4.04. The van der Waals surface area contributed by atoms with Crippen LogP contribution in [0.25, 0.3) is 0 Å². The summed E-state index contributed by atoms with van der Waals surface area (Å²) in [6, 6.07) is 0. The van der Waals surface area contributed by atoms with Crippen molar-refractivity contribution in [2.75, 3.05) is 32.1 Å². The molecule has 0 atom stereocenters. The van der Waals surface area contributed by atoms with Crippen LogP contribution in [0.3, 0.4) is 0 Å². The van der Waals surface area contributed by atoms with E-state index in [2.05, 4.69) is 0 Å². The normalized spacial score (nSPS) is 18.2. The average Bonchev–Trinajstić information content (AvgIpc) is 2.14. The highest BCUT2D eigenvalue weighted by Crippen LogP contribution is 2.01. The van der Waals surface area contributed by atoms with E-state index in [1.807, 2.05) is 0 Å². The zero-order valence-electron chi connectivity index (χ0n) is 7.68. The van der Waals surface area contributed by atoms with Crippen molar-refractivity contribution in [1.82, 2.24) is 4.90 Å². The van der Waals surface area contributed by atoms with E-state index in [1.165, 1.54) is 4.90 Å². The molecule has 0 spiro atoms. The van der Waals surface area contributed by atoms with Gasteiger partial charge in [-0.2, -0.15) is 8.42 Å². The summed E-state index contributed by atoms with van der Waals surface area (Å²) in [5, 5.41) is 0. The highest BCUT2D eigenvalue weighted by atomic mass is 32.2. The van der Waals surface area contributed by atoms with Crippen molar-refractivity contribution in [3.63, 3.8) is 0 Å². The van der Waals surface area contributed by atoms with Gasteiger partial charge in [0.2, 0.25) is 5.91 Å². The predicted octanol–water partition coefficient (Wildman–Crippen LogP) is -0.877. The summed E-state index contributed by atoms with van der Waals surface area (Å²) in [6.45, 7) is 1.95. The van der Waals surface area contributed by atoms with E-state index >= 15 is 0 Å². The van der Waals surface area contributed by atoms with Gasteiger partial charge in [0.15, 0.2) is 0 Å². The second-order valence-corrected chi connectivity index (χ2v) is 4.60. The van der Waals surface area contributed by atoms with Gasteiger partial charge in [0.05, 0.1) is 19.0 Å². The maximum Gasteiger partial charge on any atom is 0.265 e. The standard InChI is InChI=1S/C7H13NO5S/c9-7(1-6-14(10,11)12)8-2-4-13-5-3-8/h1-6H2,(H,10,11,12). The van der Waals surface area contributed by atoms with Crippen molar-refractivity contribution in [3.05, 3.63) is 0 Å². The molecule has 0 saturated carbocycles. The molecular weight excluding hydrogens is 210 g/mol. The van der Waals surface area contributed by atoms with Crippen molar-refractivity contribution < 1.29 is 22.5 Å². The van der Waals surface area contributed by atoms with E-state index < -0.39 is 15.9 Å². The SMILES string of the molecule is O=C(CCS(=O)(=O)O)N1CCOCC1. The molecule has 1 N–H and O–H groups in total. The maximum atomic E-state index is 11.3. The molecule has 1 saturated heterocycles. The van der Waals surface area contributed by atoms with Gasteiger partial charge in [-0.25, -0.2) is 0 Å². The lowest BCUT2D eigenvalue weighted by molar-refractivity contribution is -0.134. The Hall–Kier alpha value is -0.660. The number of morpholine rings is 1. The molecule has 14 heavy (non-hydrogen) atoms. The molecule has 1 fully saturated rings. The molecule has 6 nitrogen and oxygen atoms in total. The van der Waals surface area contributed by atoms with Gasteiger partial charge in [-0.3, -0.25) is 9.35 Å². The molecule has 1 aliphatic rings. The first-order valence-electron chi connectivity index (χ1n) is 4.30. The van der Waals surface area contributed by atoms with Gasteiger partial charge >= 0.3 is 0 Å². The molecule has 0 aromatic carbocycles. The number of carbonyl (C=O) groups excluding carboxylic acids is 1. The summed E-state index contributed by atoms with van der Waals surface area (Å²) in [5.41, 5.74) is 0. The summed E-state index contributed by atoms with van der Waals surface area (Å²) in [4.78, 5) is 12.9. The third kappa shape index (κ3) is 4.03. The largest absolute Gasteiger partial charge is 0.378 e. The summed E-state index contributed by atoms with van der Waals surface area (Å²) < 4.78 is 34.2. The van der Waals surface area contributed by atoms with Gasteiger partial charge in [0.25, 0.3) is 10.1 Å². The van der Waals surface area contributed by atoms with Gasteiger partial charge in [-0.1, -0.05) is 0 Å². The van der Waals surface area contributed by atoms with E-state index in [1.54, 1.807) is 0 Å². The molecule has 82 valence electrons. The van der Waals surface area contributed by atoms with Crippen molar-refractivity contribution >= 4 is 16.0 Å². The third-order valence-corrected chi connectivity index (χ3v) is 2.66. The highest BCUT2D eigenvalue weighted by molar-refractivity contribution is 7.85. The second kappa shape index (κ2) is 4.72. The lowest BCUT2D eigenvalue weighted by Gasteiger charge is -2.26. The lowest BCUT2D eigenvalue weighted by atomic mass is 10.3. The Balaban J connectivity index is 2.34. The Morgan fingerprint density at radius 3 is 2.43 bits per heavy atom. The quantitative estimate of drug-likeness (QED) is 0.628. The fraction of sp³-hybridized carbons (Fsp3) is 0.857. The van der Waals surface area contributed by atoms with Gasteiger partial charge in [0.1, 0.15) is 0 Å². The van der Waals surface area contributed by atoms with Crippen LogP contribution < -0.4 is 0 Å². The maximum absolute atomic E-state index is 11.3. The van der Waals surface area contributed by atoms with Crippen molar-refractivity contribution in [3.8, 4) is 0 Å². The van der Waals surface area contributed by atoms with E-state index in [-0.39, 0.29) is 12.3 Å². The first kappa shape index (κ1) is 11.4. The molecule has 1 heterocycles. The number of hydrogen-bond donors (Lipinski definition) is 1. The summed E-state index contributed by atoms with van der Waals surface area (Å²) >= 11 is 0. The van der Waals surface area contributed by atoms with Gasteiger partial charge in [-0.05, 0) is 0 Å². The summed E-state index contributed by atoms with van der Waals surface area (Å²) in [5.74, 6) is -0.769. The first-order valence-corrected chi connectivity index (χ1v) is 5.90. The molecule has 0 aliphatic carbocycles. The molecule has 0 aromatic heterocycles. The first-order chi connectivity index (χ1) is 6.49. The van der Waals surface area contributed by atoms with Crippen LogP contribution in [0.2, 0.25) is 0 Å². The number of carbonyl (C=O) groups is 1. The second-order valence-electron chi connectivity index (χ2n) is 3.03. The Morgan fingerprint density at radius 2 is 1.93 bits per heavy atom. The number of rotatable bonds is 3. The van der Waals surface area contributed by atoms with Crippen LogP contribution in [0, 0.1) is 0 Å². The molecule has 0 radical (unpaired) electrons. The van der Waals surface area contributed by atoms with Crippen LogP contribution in [0.4, 0.5) is 0 Å². The molecule has 1 rings (SSSR count). The van der Waals surface area contributed by atoms with Crippen molar-refractivity contribution in [1.29, 1.82) is 0 Å². The van der Waals surface area contributed by atoms with E-state index in [4.69, 9.17) is 9.29 Å². The Kier molecular flexibility index (Phi) is 3.85. The molecule has 1 amide bonds. The smallest absolute Gasteiger partial charge is 0.265 e. The molecule has 1 aliphatic heterocycles. The van der Waals surface area contributed by atoms with E-state index in [9.17, 15) is 13.2 Å². The molecule has 0 bridgehead atoms. The number of nitrogens with zero attached hydrogens (tertiary/aromatic N) is 1. The van der Waals surface area contributed by atoms with Crippen LogP contribution >= 0.6 is 0 Å². The predicted molar refractivity (Wildman–Crippen MR) is 48.4 cm³/mol. The Bertz CT molecular complexity index is 293. The van der Waals surface area contributed by atoms with Gasteiger partial charge in [0, 0.05) is 19.5 Å². The third-order valence-electron chi connectivity index (χ3n) is 1.94. The minimum atomic E-state index is -4.04. The minimum absolute atomic E-state index is 0.168. The number of amides is 1. The molecule has 0 aromatic rings. The van der Waals surface area contributed by atoms with Crippen molar-refractivity contribution in [2.45, 2.75) is 6.42 Å². The van der Waals surface area contributed by atoms with Crippen LogP contribution in [-0.4, -0.2) is 55.8 Å². The fourth-order valence-electron chi connectivity index (χ4n) is 1.19. The Labute approximate surface area is 82.6 Å². The lowest BCUT2D eigenvalue weighted by Crippen LogP contribution is -2.41. The molecule has 7 heteroatoms. The summed E-state index contributed by atoms with van der Waals surface area (Å²) in [6.07, 6.45) is -0.168. The average molecular weight is 223 g/mol. The topological polar surface area (TPSA) is 83.9 Å². The van der Waals surface area contributed by atoms with Crippen LogP contribution in [0.15, 0.2) is 0 Å². The van der Waals surface area contributed by atoms with E-state index in [0.29, 0.717) is 26.3 Å². The van der Waals surface area contributed by atoms with Gasteiger partial charge in [-0.15, -0.1) is 0 Å². The fourth-order valence-corrected chi connectivity index (χ4v) is 1.62. The van der Waals surface area contributed by atoms with Crippen molar-refractivity contribution in [2.24, 2.45) is 0 Å². The molecule has 0 unspecified atom stereocenters. The van der Waals surface area contributed by atoms with Gasteiger partial charge < -0.3 is 9.64 Å².